The smallest absolute Gasteiger partial charge is 0.270 e. The van der Waals surface area contributed by atoms with E-state index in [9.17, 15) is 48.9 Å². The molecule has 0 saturated heterocycles. The number of nitro groups is 4. The zero-order valence-electron chi connectivity index (χ0n) is 25.6. The van der Waals surface area contributed by atoms with Gasteiger partial charge in [-0.1, -0.05) is 24.3 Å². The van der Waals surface area contributed by atoms with Gasteiger partial charge in [-0.2, -0.15) is 0 Å². The van der Waals surface area contributed by atoms with Crippen LogP contribution in [0.25, 0.3) is 12.2 Å². The van der Waals surface area contributed by atoms with E-state index in [1.165, 1.54) is 99.2 Å². The van der Waals surface area contributed by atoms with E-state index in [0.717, 1.165) is 24.3 Å². The first-order valence-electron chi connectivity index (χ1n) is 14.0. The van der Waals surface area contributed by atoms with Crippen molar-refractivity contribution in [3.63, 3.8) is 0 Å². The van der Waals surface area contributed by atoms with Crippen LogP contribution in [0.4, 0.5) is 22.7 Å². The first kappa shape index (κ1) is 35.4. The van der Waals surface area contributed by atoms with E-state index < -0.39 is 51.4 Å². The molecule has 17 heteroatoms. The first-order valence-corrected chi connectivity index (χ1v) is 15.6. The summed E-state index contributed by atoms with van der Waals surface area (Å²) < 4.78 is 40.7. The van der Waals surface area contributed by atoms with Crippen LogP contribution in [0.2, 0.25) is 0 Å². The lowest BCUT2D eigenvalue weighted by Gasteiger charge is -2.24. The van der Waals surface area contributed by atoms with Gasteiger partial charge < -0.3 is 9.47 Å². The summed E-state index contributed by atoms with van der Waals surface area (Å²) in [4.78, 5) is 43.2. The maximum Gasteiger partial charge on any atom is 0.270 e. The zero-order valence-corrected chi connectivity index (χ0v) is 26.5. The van der Waals surface area contributed by atoms with Gasteiger partial charge in [0.1, 0.15) is 22.0 Å². The Morgan fingerprint density at radius 3 is 1.12 bits per heavy atom. The molecule has 2 atom stereocenters. The molecular weight excluding hydrogens is 664 g/mol. The topological polar surface area (TPSA) is 225 Å². The van der Waals surface area contributed by atoms with Crippen LogP contribution in [-0.2, 0) is 9.84 Å². The number of hydrogen-bond acceptors (Lipinski definition) is 12. The van der Waals surface area contributed by atoms with E-state index in [1.807, 2.05) is 0 Å². The molecule has 4 aromatic carbocycles. The van der Waals surface area contributed by atoms with Crippen molar-refractivity contribution in [3.05, 3.63) is 160 Å². The Morgan fingerprint density at radius 2 is 0.837 bits per heavy atom. The Bertz CT molecular complexity index is 1940. The minimum atomic E-state index is -4.70. The van der Waals surface area contributed by atoms with E-state index in [2.05, 4.69) is 0 Å². The van der Waals surface area contributed by atoms with Crippen molar-refractivity contribution in [1.29, 1.82) is 0 Å². The summed E-state index contributed by atoms with van der Waals surface area (Å²) in [5.74, 6) is -0.0618. The Hall–Kier alpha value is -6.49. The average molecular weight is 691 g/mol. The Balaban J connectivity index is 2.00. The van der Waals surface area contributed by atoms with Gasteiger partial charge in [-0.05, 0) is 47.5 Å². The fourth-order valence-corrected chi connectivity index (χ4v) is 6.85. The van der Waals surface area contributed by atoms with Crippen molar-refractivity contribution in [2.75, 3.05) is 14.2 Å². The molecule has 4 rings (SSSR count). The van der Waals surface area contributed by atoms with Crippen molar-refractivity contribution in [3.8, 4) is 11.5 Å². The minimum Gasteiger partial charge on any atom is -0.496 e. The molecule has 0 aliphatic carbocycles. The number of benzene rings is 4. The highest BCUT2D eigenvalue weighted by atomic mass is 32.2. The van der Waals surface area contributed by atoms with Gasteiger partial charge in [0.2, 0.25) is 0 Å². The maximum atomic E-state index is 14.9. The molecule has 4 aromatic rings. The second kappa shape index (κ2) is 14.9. The van der Waals surface area contributed by atoms with Crippen LogP contribution >= 0.6 is 0 Å². The second-order valence-electron chi connectivity index (χ2n) is 10.2. The van der Waals surface area contributed by atoms with Crippen LogP contribution in [0, 0.1) is 40.5 Å². The normalized spacial score (nSPS) is 12.8. The van der Waals surface area contributed by atoms with Gasteiger partial charge in [-0.15, -0.1) is 0 Å². The summed E-state index contributed by atoms with van der Waals surface area (Å²) in [6.45, 7) is 0. The van der Waals surface area contributed by atoms with Crippen molar-refractivity contribution in [1.82, 2.24) is 0 Å². The summed E-state index contributed by atoms with van der Waals surface area (Å²) >= 11 is 0. The molecule has 252 valence electrons. The number of non-ortho nitro benzene ring substituents is 4. The van der Waals surface area contributed by atoms with E-state index in [1.54, 1.807) is 0 Å². The largest absolute Gasteiger partial charge is 0.496 e. The van der Waals surface area contributed by atoms with E-state index >= 15 is 0 Å². The van der Waals surface area contributed by atoms with Crippen LogP contribution < -0.4 is 9.47 Å². The third kappa shape index (κ3) is 8.09. The Labute approximate surface area is 278 Å². The highest BCUT2D eigenvalue weighted by Gasteiger charge is 2.38. The summed E-state index contributed by atoms with van der Waals surface area (Å²) in [6, 6.07) is 17.1. The molecule has 2 unspecified atom stereocenters. The number of nitrogens with zero attached hydrogens (tertiary/aromatic N) is 4. The summed E-state index contributed by atoms with van der Waals surface area (Å²) in [7, 11) is -2.22. The monoisotopic (exact) mass is 690 g/mol. The van der Waals surface area contributed by atoms with Crippen molar-refractivity contribution in [2.45, 2.75) is 10.5 Å². The molecule has 0 radical (unpaired) electrons. The third-order valence-corrected chi connectivity index (χ3v) is 9.54. The lowest BCUT2D eigenvalue weighted by Crippen LogP contribution is -2.20. The molecule has 0 aromatic heterocycles. The molecule has 16 nitrogen and oxygen atoms in total. The molecule has 0 amide bonds. The van der Waals surface area contributed by atoms with Crippen LogP contribution in [0.5, 0.6) is 11.5 Å². The van der Waals surface area contributed by atoms with Gasteiger partial charge in [-0.25, -0.2) is 8.42 Å². The Kier molecular flexibility index (Phi) is 10.8. The number of sulfone groups is 1. The number of ether oxygens (including phenoxy) is 2. The van der Waals surface area contributed by atoms with Gasteiger partial charge in [-0.3, -0.25) is 40.5 Å². The second-order valence-corrected chi connectivity index (χ2v) is 12.4. The first-order chi connectivity index (χ1) is 23.3. The highest BCUT2D eigenvalue weighted by molar-refractivity contribution is 7.92. The summed E-state index contributed by atoms with van der Waals surface area (Å²) in [5, 5.41) is 42.4. The molecule has 0 fully saturated rings. The number of rotatable bonds is 14. The van der Waals surface area contributed by atoms with Crippen LogP contribution in [0.3, 0.4) is 0 Å². The Morgan fingerprint density at radius 1 is 0.531 bits per heavy atom. The summed E-state index contributed by atoms with van der Waals surface area (Å²) in [5.41, 5.74) is -0.925. The lowest BCUT2D eigenvalue weighted by atomic mass is 10.1. The molecule has 0 spiro atoms. The maximum absolute atomic E-state index is 14.9. The predicted octanol–water partition coefficient (Wildman–Crippen LogP) is 6.96. The van der Waals surface area contributed by atoms with Gasteiger partial charge in [0.15, 0.2) is 9.84 Å². The van der Waals surface area contributed by atoms with Crippen LogP contribution in [-0.4, -0.2) is 42.3 Å². The van der Waals surface area contributed by atoms with Crippen molar-refractivity contribution in [2.24, 2.45) is 0 Å². The molecule has 0 heterocycles. The highest BCUT2D eigenvalue weighted by Crippen LogP contribution is 2.44. The molecule has 0 aliphatic rings. The van der Waals surface area contributed by atoms with Gasteiger partial charge >= 0.3 is 0 Å². The standard InChI is InChI=1S/C32H26N4O12S/c1-47-29-15-13-25(35(41)42)19-27(29)31(17-7-21-3-9-23(10-4-21)33(37)38)49(45,46)32(18-8-22-5-11-24(12-6-22)34(39)40)28-20-26(36(43)44)14-16-30(28)48-2/h3-20,31-32H,1-2H3. The fourth-order valence-electron chi connectivity index (χ4n) is 4.86. The molecule has 0 bridgehead atoms. The zero-order chi connectivity index (χ0) is 35.9. The third-order valence-electron chi connectivity index (χ3n) is 7.30. The van der Waals surface area contributed by atoms with Crippen LogP contribution in [0.15, 0.2) is 97.1 Å². The molecular formula is C32H26N4O12S. The number of methoxy groups -OCH3 is 2. The van der Waals surface area contributed by atoms with Gasteiger partial charge in [0.25, 0.3) is 22.7 Å². The van der Waals surface area contributed by atoms with Crippen molar-refractivity contribution >= 4 is 44.7 Å². The van der Waals surface area contributed by atoms with Gasteiger partial charge in [0.05, 0.1) is 33.9 Å². The fraction of sp³-hybridized carbons (Fsp3) is 0.125. The predicted molar refractivity (Wildman–Crippen MR) is 178 cm³/mol. The van der Waals surface area contributed by atoms with E-state index in [0.29, 0.717) is 11.1 Å². The van der Waals surface area contributed by atoms with Gasteiger partial charge in [0, 0.05) is 59.7 Å². The molecule has 0 N–H and O–H groups in total. The number of nitro benzene ring substituents is 4. The van der Waals surface area contributed by atoms with Crippen molar-refractivity contribution < 1.29 is 37.6 Å². The average Bonchev–Trinajstić information content (AvgIpc) is 3.08. The summed E-state index contributed by atoms with van der Waals surface area (Å²) in [6.07, 6.45) is 5.14. The molecule has 0 aliphatic heterocycles. The number of hydrogen-bond donors (Lipinski definition) is 0. The quantitative estimate of drug-likeness (QED) is 0.0966. The lowest BCUT2D eigenvalue weighted by molar-refractivity contribution is -0.385. The van der Waals surface area contributed by atoms with E-state index in [-0.39, 0.29) is 34.0 Å². The van der Waals surface area contributed by atoms with E-state index in [4.69, 9.17) is 9.47 Å². The minimum absolute atomic E-state index is 0.0309. The molecule has 0 saturated carbocycles. The SMILES string of the molecule is COc1ccc([N+](=O)[O-])cc1C(C=Cc1ccc([N+](=O)[O-])cc1)S(=O)(=O)C(C=Cc1ccc([N+](=O)[O-])cc1)c1cc([N+](=O)[O-])ccc1OC. The molecule has 49 heavy (non-hydrogen) atoms. The van der Waals surface area contributed by atoms with Crippen LogP contribution in [0.1, 0.15) is 32.8 Å².